The van der Waals surface area contributed by atoms with Crippen LogP contribution in [0.1, 0.15) is 37.9 Å². The van der Waals surface area contributed by atoms with Gasteiger partial charge in [0, 0.05) is 23.5 Å². The second-order valence-corrected chi connectivity index (χ2v) is 9.16. The van der Waals surface area contributed by atoms with Crippen LogP contribution in [0.15, 0.2) is 59.8 Å². The second-order valence-electron chi connectivity index (χ2n) is 8.22. The minimum atomic E-state index is -0.218. The van der Waals surface area contributed by atoms with E-state index in [1.54, 1.807) is 19.2 Å². The average molecular weight is 480 g/mol. The molecule has 4 rings (SSSR count). The van der Waals surface area contributed by atoms with Gasteiger partial charge >= 0.3 is 0 Å². The van der Waals surface area contributed by atoms with E-state index in [-0.39, 0.29) is 30.0 Å². The van der Waals surface area contributed by atoms with E-state index in [9.17, 15) is 9.59 Å². The molecule has 1 aliphatic rings. The highest BCUT2D eigenvalue weighted by atomic mass is 32.2. The maximum atomic E-state index is 12.8. The van der Waals surface area contributed by atoms with Crippen molar-refractivity contribution < 1.29 is 14.3 Å². The highest BCUT2D eigenvalue weighted by Gasteiger charge is 2.20. The molecule has 1 fully saturated rings. The maximum absolute atomic E-state index is 12.8. The number of ether oxygens (including phenoxy) is 1. The number of carbonyl (C=O) groups is 2. The molecule has 9 heteroatoms. The van der Waals surface area contributed by atoms with Gasteiger partial charge in [-0.2, -0.15) is 0 Å². The summed E-state index contributed by atoms with van der Waals surface area (Å²) in [6.07, 6.45) is 5.71. The zero-order chi connectivity index (χ0) is 23.8. The Kier molecular flexibility index (Phi) is 8.19. The van der Waals surface area contributed by atoms with Crippen LogP contribution in [0.25, 0.3) is 5.69 Å². The summed E-state index contributed by atoms with van der Waals surface area (Å²) >= 11 is 1.32. The van der Waals surface area contributed by atoms with Crippen molar-refractivity contribution in [2.75, 3.05) is 18.2 Å². The molecular formula is C25H29N5O3S. The van der Waals surface area contributed by atoms with Crippen LogP contribution < -0.4 is 15.4 Å². The summed E-state index contributed by atoms with van der Waals surface area (Å²) in [5.74, 6) is 1.19. The normalized spacial score (nSPS) is 13.9. The lowest BCUT2D eigenvalue weighted by atomic mass is 9.95. The van der Waals surface area contributed by atoms with Crippen molar-refractivity contribution in [1.82, 2.24) is 20.1 Å². The van der Waals surface area contributed by atoms with Gasteiger partial charge in [0.25, 0.3) is 0 Å². The average Bonchev–Trinajstić information content (AvgIpc) is 3.26. The van der Waals surface area contributed by atoms with Gasteiger partial charge in [-0.3, -0.25) is 14.2 Å². The molecule has 1 aliphatic carbocycles. The number of anilines is 1. The van der Waals surface area contributed by atoms with Gasteiger partial charge in [0.15, 0.2) is 5.16 Å². The zero-order valence-corrected chi connectivity index (χ0v) is 20.0. The van der Waals surface area contributed by atoms with Crippen LogP contribution in [0.4, 0.5) is 5.69 Å². The van der Waals surface area contributed by atoms with E-state index in [0.29, 0.717) is 22.4 Å². The number of hydrogen-bond acceptors (Lipinski definition) is 6. The number of rotatable bonds is 9. The number of nitrogens with zero attached hydrogens (tertiary/aromatic N) is 3. The molecule has 0 spiro atoms. The Morgan fingerprint density at radius 3 is 2.59 bits per heavy atom. The molecule has 2 N–H and O–H groups in total. The number of para-hydroxylation sites is 1. The predicted molar refractivity (Wildman–Crippen MR) is 132 cm³/mol. The second kappa shape index (κ2) is 11.7. The number of methoxy groups -OCH3 is 1. The van der Waals surface area contributed by atoms with Gasteiger partial charge in [-0.25, -0.2) is 0 Å². The molecule has 1 heterocycles. The van der Waals surface area contributed by atoms with Crippen LogP contribution in [0.3, 0.4) is 0 Å². The molecule has 2 amide bonds. The smallest absolute Gasteiger partial charge is 0.232 e. The summed E-state index contributed by atoms with van der Waals surface area (Å²) in [6.45, 7) is 0. The molecule has 0 unspecified atom stereocenters. The lowest BCUT2D eigenvalue weighted by Crippen LogP contribution is -2.37. The van der Waals surface area contributed by atoms with Crippen molar-refractivity contribution in [3.8, 4) is 11.4 Å². The molecule has 3 aromatic rings. The minimum Gasteiger partial charge on any atom is -0.497 e. The molecule has 0 aliphatic heterocycles. The predicted octanol–water partition coefficient (Wildman–Crippen LogP) is 4.00. The highest BCUT2D eigenvalue weighted by Crippen LogP contribution is 2.24. The van der Waals surface area contributed by atoms with Gasteiger partial charge in [0.1, 0.15) is 11.6 Å². The monoisotopic (exact) mass is 479 g/mol. The topological polar surface area (TPSA) is 98.1 Å². The van der Waals surface area contributed by atoms with Gasteiger partial charge < -0.3 is 15.4 Å². The van der Waals surface area contributed by atoms with Crippen LogP contribution in [0, 0.1) is 0 Å². The van der Waals surface area contributed by atoms with E-state index in [1.807, 2.05) is 47.0 Å². The number of benzene rings is 2. The summed E-state index contributed by atoms with van der Waals surface area (Å²) in [6, 6.07) is 17.1. The number of thioether (sulfide) groups is 1. The minimum absolute atomic E-state index is 0.00294. The summed E-state index contributed by atoms with van der Waals surface area (Å²) in [7, 11) is 1.58. The number of aromatic nitrogens is 3. The van der Waals surface area contributed by atoms with Crippen LogP contribution >= 0.6 is 11.8 Å². The van der Waals surface area contributed by atoms with Gasteiger partial charge in [0.05, 0.1) is 19.3 Å². The Labute approximate surface area is 203 Å². The Balaban J connectivity index is 1.45. The van der Waals surface area contributed by atoms with Gasteiger partial charge in [-0.1, -0.05) is 55.3 Å². The molecule has 0 radical (unpaired) electrons. The van der Waals surface area contributed by atoms with Crippen molar-refractivity contribution in [3.63, 3.8) is 0 Å². The molecule has 2 aromatic carbocycles. The van der Waals surface area contributed by atoms with Crippen molar-refractivity contribution >= 4 is 29.3 Å². The van der Waals surface area contributed by atoms with Gasteiger partial charge in [-0.05, 0) is 37.1 Å². The first kappa shape index (κ1) is 23.8. The SMILES string of the molecule is COc1cccc(NC(=O)Cc2nnc(SCC(=O)NC3CCCCC3)n2-c2ccccc2)c1. The van der Waals surface area contributed by atoms with Crippen LogP contribution in [-0.4, -0.2) is 45.5 Å². The summed E-state index contributed by atoms with van der Waals surface area (Å²) in [5, 5.41) is 15.2. The fourth-order valence-electron chi connectivity index (χ4n) is 4.04. The largest absolute Gasteiger partial charge is 0.497 e. The maximum Gasteiger partial charge on any atom is 0.232 e. The van der Waals surface area contributed by atoms with Crippen molar-refractivity contribution in [2.45, 2.75) is 49.7 Å². The van der Waals surface area contributed by atoms with Crippen LogP contribution in [0.2, 0.25) is 0 Å². The first-order valence-electron chi connectivity index (χ1n) is 11.5. The zero-order valence-electron chi connectivity index (χ0n) is 19.2. The van der Waals surface area contributed by atoms with E-state index in [1.165, 1.54) is 31.0 Å². The van der Waals surface area contributed by atoms with Gasteiger partial charge in [-0.15, -0.1) is 10.2 Å². The molecule has 8 nitrogen and oxygen atoms in total. The first-order valence-corrected chi connectivity index (χ1v) is 12.5. The molecule has 178 valence electrons. The van der Waals surface area contributed by atoms with Crippen LogP contribution in [0.5, 0.6) is 5.75 Å². The first-order chi connectivity index (χ1) is 16.6. The molecule has 0 saturated heterocycles. The summed E-state index contributed by atoms with van der Waals surface area (Å²) < 4.78 is 7.05. The Morgan fingerprint density at radius 1 is 1.03 bits per heavy atom. The third-order valence-corrected chi connectivity index (χ3v) is 6.62. The molecule has 1 saturated carbocycles. The molecule has 34 heavy (non-hydrogen) atoms. The van der Waals surface area contributed by atoms with E-state index in [4.69, 9.17) is 4.74 Å². The lowest BCUT2D eigenvalue weighted by Gasteiger charge is -2.22. The Morgan fingerprint density at radius 2 is 1.82 bits per heavy atom. The van der Waals surface area contributed by atoms with Gasteiger partial charge in [0.2, 0.25) is 11.8 Å². The standard InChI is InChI=1S/C25H29N5O3S/c1-33-21-14-8-11-19(15-21)27-23(31)16-22-28-29-25(30(22)20-12-6-3-7-13-20)34-17-24(32)26-18-9-4-2-5-10-18/h3,6-8,11-15,18H,2,4-5,9-10,16-17H2,1H3,(H,26,32)(H,27,31). The Bertz CT molecular complexity index is 1110. The number of carbonyl (C=O) groups excluding carboxylic acids is 2. The highest BCUT2D eigenvalue weighted by molar-refractivity contribution is 7.99. The van der Waals surface area contributed by atoms with Crippen molar-refractivity contribution in [1.29, 1.82) is 0 Å². The molecule has 0 bridgehead atoms. The quantitative estimate of drug-likeness (QED) is 0.450. The van der Waals surface area contributed by atoms with Crippen LogP contribution in [-0.2, 0) is 16.0 Å². The number of nitrogens with one attached hydrogen (secondary N) is 2. The van der Waals surface area contributed by atoms with E-state index in [0.717, 1.165) is 18.5 Å². The summed E-state index contributed by atoms with van der Waals surface area (Å²) in [4.78, 5) is 25.3. The van der Waals surface area contributed by atoms with Crippen molar-refractivity contribution in [2.24, 2.45) is 0 Å². The number of hydrogen-bond donors (Lipinski definition) is 2. The third kappa shape index (κ3) is 6.38. The lowest BCUT2D eigenvalue weighted by molar-refractivity contribution is -0.119. The van der Waals surface area contributed by atoms with E-state index in [2.05, 4.69) is 20.8 Å². The third-order valence-electron chi connectivity index (χ3n) is 5.69. The molecular weight excluding hydrogens is 450 g/mol. The molecule has 0 atom stereocenters. The Hall–Kier alpha value is -3.33. The van der Waals surface area contributed by atoms with E-state index < -0.39 is 0 Å². The fourth-order valence-corrected chi connectivity index (χ4v) is 4.82. The summed E-state index contributed by atoms with van der Waals surface area (Å²) in [5.41, 5.74) is 1.48. The number of amides is 2. The fraction of sp³-hybridized carbons (Fsp3) is 0.360. The molecule has 1 aromatic heterocycles. The van der Waals surface area contributed by atoms with E-state index >= 15 is 0 Å². The van der Waals surface area contributed by atoms with Crippen molar-refractivity contribution in [3.05, 3.63) is 60.4 Å².